The van der Waals surface area contributed by atoms with E-state index in [0.717, 1.165) is 11.1 Å². The standard InChI is InChI=1S/C24H24O5/c1-22(2)21(26-5)23(3)20-17(28-24(23,4)29-22)12-11-16-19(20)15(25)13-18(27-16)14-9-7-6-8-10-14/h6-13,21H,1-5H3/t21-,23+,24-/m1/s1. The number of hydrogen-bond donors (Lipinski definition) is 0. The minimum atomic E-state index is -0.946. The predicted octanol–water partition coefficient (Wildman–Crippen LogP) is 4.65. The van der Waals surface area contributed by atoms with Crippen LogP contribution >= 0.6 is 0 Å². The van der Waals surface area contributed by atoms with Crippen LogP contribution in [0.25, 0.3) is 22.3 Å². The van der Waals surface area contributed by atoms with Gasteiger partial charge in [0.05, 0.1) is 16.4 Å². The first-order valence-corrected chi connectivity index (χ1v) is 9.80. The maximum Gasteiger partial charge on any atom is 0.220 e. The molecule has 2 aliphatic rings. The monoisotopic (exact) mass is 392 g/mol. The summed E-state index contributed by atoms with van der Waals surface area (Å²) in [4.78, 5) is 13.3. The number of benzene rings is 2. The highest BCUT2D eigenvalue weighted by molar-refractivity contribution is 5.87. The lowest BCUT2D eigenvalue weighted by atomic mass is 9.70. The topological polar surface area (TPSA) is 57.9 Å². The van der Waals surface area contributed by atoms with Gasteiger partial charge >= 0.3 is 0 Å². The molecule has 3 aromatic rings. The molecule has 0 unspecified atom stereocenters. The minimum Gasteiger partial charge on any atom is -0.461 e. The van der Waals surface area contributed by atoms with Crippen LogP contribution in [-0.2, 0) is 14.9 Å². The molecular weight excluding hydrogens is 368 g/mol. The number of ether oxygens (including phenoxy) is 3. The quantitative estimate of drug-likeness (QED) is 0.635. The Morgan fingerprint density at radius 1 is 1.00 bits per heavy atom. The zero-order valence-electron chi connectivity index (χ0n) is 17.2. The molecule has 0 saturated carbocycles. The largest absolute Gasteiger partial charge is 0.461 e. The van der Waals surface area contributed by atoms with E-state index in [1.54, 1.807) is 19.2 Å². The summed E-state index contributed by atoms with van der Waals surface area (Å²) >= 11 is 0. The molecule has 3 heterocycles. The Hall–Kier alpha value is -2.63. The third-order valence-corrected chi connectivity index (χ3v) is 6.53. The van der Waals surface area contributed by atoms with E-state index in [9.17, 15) is 4.79 Å². The maximum absolute atomic E-state index is 13.3. The molecule has 3 atom stereocenters. The summed E-state index contributed by atoms with van der Waals surface area (Å²) in [5.41, 5.74) is 0.827. The van der Waals surface area contributed by atoms with Crippen LogP contribution in [0.5, 0.6) is 5.75 Å². The van der Waals surface area contributed by atoms with Gasteiger partial charge in [-0.2, -0.15) is 0 Å². The average molecular weight is 392 g/mol. The van der Waals surface area contributed by atoms with Gasteiger partial charge in [0.2, 0.25) is 5.79 Å². The molecule has 2 aromatic carbocycles. The van der Waals surface area contributed by atoms with Crippen molar-refractivity contribution in [3.05, 3.63) is 64.3 Å². The fourth-order valence-electron chi connectivity index (χ4n) is 5.39. The summed E-state index contributed by atoms with van der Waals surface area (Å²) in [5.74, 6) is 0.235. The molecule has 150 valence electrons. The van der Waals surface area contributed by atoms with Gasteiger partial charge in [-0.25, -0.2) is 0 Å². The molecule has 1 saturated heterocycles. The summed E-state index contributed by atoms with van der Waals surface area (Å²) < 4.78 is 24.7. The van der Waals surface area contributed by atoms with Crippen molar-refractivity contribution in [3.63, 3.8) is 0 Å². The van der Waals surface area contributed by atoms with E-state index in [4.69, 9.17) is 18.6 Å². The molecule has 0 amide bonds. The van der Waals surface area contributed by atoms with Crippen molar-refractivity contribution >= 4 is 11.0 Å². The molecule has 0 radical (unpaired) electrons. The molecule has 0 N–H and O–H groups in total. The van der Waals surface area contributed by atoms with Crippen molar-refractivity contribution in [2.45, 2.75) is 50.6 Å². The zero-order chi connectivity index (χ0) is 20.6. The fourth-order valence-corrected chi connectivity index (χ4v) is 5.39. The van der Waals surface area contributed by atoms with Crippen molar-refractivity contribution < 1.29 is 18.6 Å². The van der Waals surface area contributed by atoms with E-state index in [1.807, 2.05) is 64.1 Å². The summed E-state index contributed by atoms with van der Waals surface area (Å²) in [7, 11) is 1.67. The van der Waals surface area contributed by atoms with Crippen LogP contribution in [-0.4, -0.2) is 24.6 Å². The van der Waals surface area contributed by atoms with Gasteiger partial charge in [-0.15, -0.1) is 0 Å². The first-order chi connectivity index (χ1) is 13.7. The lowest BCUT2D eigenvalue weighted by Gasteiger charge is -2.34. The van der Waals surface area contributed by atoms with E-state index in [2.05, 4.69) is 0 Å². The van der Waals surface area contributed by atoms with Gasteiger partial charge in [0.25, 0.3) is 0 Å². The number of hydrogen-bond acceptors (Lipinski definition) is 5. The molecule has 5 nitrogen and oxygen atoms in total. The fraction of sp³-hybridized carbons (Fsp3) is 0.375. The minimum absolute atomic E-state index is 0.101. The van der Waals surface area contributed by atoms with Crippen molar-refractivity contribution in [2.75, 3.05) is 7.11 Å². The first kappa shape index (κ1) is 18.4. The van der Waals surface area contributed by atoms with E-state index < -0.39 is 16.8 Å². The molecular formula is C24H24O5. The molecule has 1 fully saturated rings. The lowest BCUT2D eigenvalue weighted by Crippen LogP contribution is -2.50. The Balaban J connectivity index is 1.80. The molecule has 1 aromatic heterocycles. The highest BCUT2D eigenvalue weighted by atomic mass is 16.7. The predicted molar refractivity (Wildman–Crippen MR) is 110 cm³/mol. The van der Waals surface area contributed by atoms with Crippen molar-refractivity contribution in [3.8, 4) is 17.1 Å². The molecule has 0 bridgehead atoms. The van der Waals surface area contributed by atoms with Gasteiger partial charge in [-0.05, 0) is 32.9 Å². The van der Waals surface area contributed by atoms with Gasteiger partial charge < -0.3 is 18.6 Å². The van der Waals surface area contributed by atoms with Crippen LogP contribution in [0.15, 0.2) is 57.7 Å². The molecule has 29 heavy (non-hydrogen) atoms. The van der Waals surface area contributed by atoms with Gasteiger partial charge in [0.1, 0.15) is 23.2 Å². The van der Waals surface area contributed by atoms with Crippen LogP contribution in [0.1, 0.15) is 33.3 Å². The second-order valence-electron chi connectivity index (χ2n) is 8.72. The summed E-state index contributed by atoms with van der Waals surface area (Å²) in [6.45, 7) is 7.94. The average Bonchev–Trinajstić information content (AvgIpc) is 2.98. The molecule has 0 spiro atoms. The van der Waals surface area contributed by atoms with E-state index in [1.165, 1.54) is 0 Å². The second kappa shape index (κ2) is 5.71. The van der Waals surface area contributed by atoms with Gasteiger partial charge in [-0.3, -0.25) is 4.79 Å². The van der Waals surface area contributed by atoms with E-state index >= 15 is 0 Å². The Morgan fingerprint density at radius 2 is 1.72 bits per heavy atom. The third kappa shape index (κ3) is 2.26. The number of fused-ring (bicyclic) bond motifs is 5. The first-order valence-electron chi connectivity index (χ1n) is 9.80. The SMILES string of the molecule is CO[C@@H]1C(C)(C)O[C@@]2(C)Oc3ccc4oc(-c5ccccc5)cc(=O)c4c3[C@@]12C. The van der Waals surface area contributed by atoms with Gasteiger partial charge in [0, 0.05) is 31.2 Å². The Morgan fingerprint density at radius 3 is 2.41 bits per heavy atom. The van der Waals surface area contributed by atoms with Crippen LogP contribution in [0.4, 0.5) is 0 Å². The Kier molecular flexibility index (Phi) is 3.62. The molecule has 5 rings (SSSR count). The smallest absolute Gasteiger partial charge is 0.220 e. The van der Waals surface area contributed by atoms with Crippen LogP contribution < -0.4 is 10.2 Å². The lowest BCUT2D eigenvalue weighted by molar-refractivity contribution is -0.195. The highest BCUT2D eigenvalue weighted by Crippen LogP contribution is 2.61. The molecule has 5 heteroatoms. The van der Waals surface area contributed by atoms with Gasteiger partial charge in [-0.1, -0.05) is 30.3 Å². The Labute approximate surface area is 169 Å². The molecule has 0 aliphatic carbocycles. The summed E-state index contributed by atoms with van der Waals surface area (Å²) in [6, 6.07) is 14.8. The number of rotatable bonds is 2. The normalized spacial score (nSPS) is 29.5. The van der Waals surface area contributed by atoms with Crippen LogP contribution in [0.3, 0.4) is 0 Å². The van der Waals surface area contributed by atoms with Crippen LogP contribution in [0, 0.1) is 0 Å². The maximum atomic E-state index is 13.3. The third-order valence-electron chi connectivity index (χ3n) is 6.53. The summed E-state index contributed by atoms with van der Waals surface area (Å²) in [5, 5.41) is 0.525. The van der Waals surface area contributed by atoms with Gasteiger partial charge in [0.15, 0.2) is 5.43 Å². The Bertz CT molecular complexity index is 1180. The highest BCUT2D eigenvalue weighted by Gasteiger charge is 2.71. The summed E-state index contributed by atoms with van der Waals surface area (Å²) in [6.07, 6.45) is -0.306. The van der Waals surface area contributed by atoms with Crippen molar-refractivity contribution in [1.29, 1.82) is 0 Å². The van der Waals surface area contributed by atoms with Crippen LogP contribution in [0.2, 0.25) is 0 Å². The zero-order valence-corrected chi connectivity index (χ0v) is 17.2. The van der Waals surface area contributed by atoms with E-state index in [0.29, 0.717) is 22.5 Å². The number of methoxy groups -OCH3 is 1. The van der Waals surface area contributed by atoms with E-state index in [-0.39, 0.29) is 11.5 Å². The second-order valence-corrected chi connectivity index (χ2v) is 8.72. The van der Waals surface area contributed by atoms with Crippen molar-refractivity contribution in [2.24, 2.45) is 0 Å². The van der Waals surface area contributed by atoms with Crippen molar-refractivity contribution in [1.82, 2.24) is 0 Å². The molecule has 2 aliphatic heterocycles.